The van der Waals surface area contributed by atoms with Crippen molar-refractivity contribution in [3.05, 3.63) is 109 Å². The molecule has 0 unspecified atom stereocenters. The van der Waals surface area contributed by atoms with E-state index in [4.69, 9.17) is 4.42 Å². The molecule has 2 aromatic heterocycles. The highest BCUT2D eigenvalue weighted by atomic mass is 28.3. The van der Waals surface area contributed by atoms with Gasteiger partial charge < -0.3 is 4.42 Å². The van der Waals surface area contributed by atoms with Crippen molar-refractivity contribution in [2.75, 3.05) is 0 Å². The molecule has 190 valence electrons. The fourth-order valence-corrected chi connectivity index (χ4v) is 7.08. The second kappa shape index (κ2) is 8.65. The standard InChI is InChI=1S/C36H32NOSi/c1-23-10-17-30-32-20-27-12-11-25-8-6-7-9-29(25)31(27)22-34(32)38-36(30)35(23)33-21-26(18-19-37(33)2)24-13-15-28(16-14-24)39(3,4)5/h6-22H,1-5H3/q+1. The van der Waals surface area contributed by atoms with E-state index in [0.29, 0.717) is 0 Å². The monoisotopic (exact) mass is 522 g/mol. The van der Waals surface area contributed by atoms with Crippen molar-refractivity contribution in [1.82, 2.24) is 0 Å². The quantitative estimate of drug-likeness (QED) is 0.129. The minimum absolute atomic E-state index is 0.932. The van der Waals surface area contributed by atoms with E-state index in [9.17, 15) is 0 Å². The Labute approximate surface area is 230 Å². The topological polar surface area (TPSA) is 17.0 Å². The van der Waals surface area contributed by atoms with E-state index in [2.05, 4.69) is 141 Å². The van der Waals surface area contributed by atoms with Gasteiger partial charge in [-0.2, -0.15) is 0 Å². The largest absolute Gasteiger partial charge is 0.455 e. The molecule has 0 amide bonds. The fraction of sp³-hybridized carbons (Fsp3) is 0.139. The smallest absolute Gasteiger partial charge is 0.216 e. The summed E-state index contributed by atoms with van der Waals surface area (Å²) in [6.45, 7) is 9.36. The van der Waals surface area contributed by atoms with Gasteiger partial charge in [0.05, 0.1) is 13.6 Å². The summed E-state index contributed by atoms with van der Waals surface area (Å²) in [6, 6.07) is 35.7. The second-order valence-electron chi connectivity index (χ2n) is 11.8. The van der Waals surface area contributed by atoms with Gasteiger partial charge in [-0.15, -0.1) is 0 Å². The summed E-state index contributed by atoms with van der Waals surface area (Å²) in [6.07, 6.45) is 2.17. The maximum Gasteiger partial charge on any atom is 0.216 e. The first-order valence-electron chi connectivity index (χ1n) is 13.7. The Morgan fingerprint density at radius 3 is 2.21 bits per heavy atom. The Balaban J connectivity index is 1.44. The molecule has 0 fully saturated rings. The van der Waals surface area contributed by atoms with Crippen molar-refractivity contribution in [2.45, 2.75) is 26.6 Å². The SMILES string of the molecule is Cc1ccc2c(oc3cc4c(ccc5ccccc54)cc32)c1-c1cc(-c2ccc([Si](C)(C)C)cc2)cc[n+]1C. The first-order valence-corrected chi connectivity index (χ1v) is 17.2. The van der Waals surface area contributed by atoms with Crippen LogP contribution in [-0.4, -0.2) is 8.07 Å². The van der Waals surface area contributed by atoms with Crippen LogP contribution < -0.4 is 9.75 Å². The zero-order chi connectivity index (χ0) is 26.9. The van der Waals surface area contributed by atoms with E-state index in [1.165, 1.54) is 43.4 Å². The van der Waals surface area contributed by atoms with E-state index in [-0.39, 0.29) is 0 Å². The first-order chi connectivity index (χ1) is 18.8. The van der Waals surface area contributed by atoms with Gasteiger partial charge in [-0.05, 0) is 57.3 Å². The van der Waals surface area contributed by atoms with Crippen LogP contribution in [0.2, 0.25) is 19.6 Å². The maximum atomic E-state index is 6.72. The van der Waals surface area contributed by atoms with Crippen molar-refractivity contribution in [3.63, 3.8) is 0 Å². The molecule has 0 aliphatic heterocycles. The Morgan fingerprint density at radius 2 is 1.41 bits per heavy atom. The van der Waals surface area contributed by atoms with Crippen molar-refractivity contribution in [1.29, 1.82) is 0 Å². The number of rotatable bonds is 3. The molecule has 2 heterocycles. The first kappa shape index (κ1) is 23.9. The lowest BCUT2D eigenvalue weighted by atomic mass is 9.97. The van der Waals surface area contributed by atoms with Gasteiger partial charge in [0.25, 0.3) is 0 Å². The molecule has 3 heteroatoms. The zero-order valence-corrected chi connectivity index (χ0v) is 24.2. The Morgan fingerprint density at radius 1 is 0.641 bits per heavy atom. The molecule has 0 spiro atoms. The summed E-state index contributed by atoms with van der Waals surface area (Å²) >= 11 is 0. The van der Waals surface area contributed by atoms with Crippen LogP contribution in [0.1, 0.15) is 5.56 Å². The molecular weight excluding hydrogens is 490 g/mol. The molecule has 7 rings (SSSR count). The highest BCUT2D eigenvalue weighted by Gasteiger charge is 2.22. The molecule has 2 nitrogen and oxygen atoms in total. The number of aromatic nitrogens is 1. The minimum atomic E-state index is -1.33. The van der Waals surface area contributed by atoms with Crippen LogP contribution in [0.15, 0.2) is 108 Å². The summed E-state index contributed by atoms with van der Waals surface area (Å²) in [5, 5.41) is 8.77. The lowest BCUT2D eigenvalue weighted by molar-refractivity contribution is -0.660. The number of hydrogen-bond acceptors (Lipinski definition) is 1. The van der Waals surface area contributed by atoms with Crippen LogP contribution in [0.25, 0.3) is 65.9 Å². The van der Waals surface area contributed by atoms with Crippen LogP contribution >= 0.6 is 0 Å². The Bertz CT molecular complexity index is 2060. The van der Waals surface area contributed by atoms with Crippen LogP contribution in [0.5, 0.6) is 0 Å². The van der Waals surface area contributed by atoms with Crippen molar-refractivity contribution in [2.24, 2.45) is 7.05 Å². The number of fused-ring (bicyclic) bond motifs is 6. The molecule has 0 N–H and O–H groups in total. The van der Waals surface area contributed by atoms with Crippen molar-refractivity contribution < 1.29 is 8.98 Å². The van der Waals surface area contributed by atoms with Crippen molar-refractivity contribution in [3.8, 4) is 22.4 Å². The minimum Gasteiger partial charge on any atom is -0.455 e. The van der Waals surface area contributed by atoms with Gasteiger partial charge in [-0.25, -0.2) is 4.57 Å². The molecule has 0 saturated heterocycles. The van der Waals surface area contributed by atoms with Crippen LogP contribution in [0, 0.1) is 6.92 Å². The summed E-state index contributed by atoms with van der Waals surface area (Å²) in [5.74, 6) is 0. The molecule has 7 aromatic rings. The molecule has 0 bridgehead atoms. The van der Waals surface area contributed by atoms with Gasteiger partial charge in [0.2, 0.25) is 5.69 Å². The average Bonchev–Trinajstić information content (AvgIpc) is 3.29. The lowest BCUT2D eigenvalue weighted by Crippen LogP contribution is -2.37. The van der Waals surface area contributed by atoms with Gasteiger partial charge in [-0.3, -0.25) is 0 Å². The number of benzene rings is 5. The third-order valence-electron chi connectivity index (χ3n) is 8.20. The van der Waals surface area contributed by atoms with E-state index >= 15 is 0 Å². The van der Waals surface area contributed by atoms with E-state index in [0.717, 1.165) is 33.2 Å². The Hall–Kier alpha value is -4.21. The van der Waals surface area contributed by atoms with Crippen LogP contribution in [0.3, 0.4) is 0 Å². The van der Waals surface area contributed by atoms with E-state index in [1.807, 2.05) is 0 Å². The van der Waals surface area contributed by atoms with Gasteiger partial charge in [0.1, 0.15) is 18.2 Å². The normalized spacial score (nSPS) is 12.2. The highest BCUT2D eigenvalue weighted by Crippen LogP contribution is 2.40. The lowest BCUT2D eigenvalue weighted by Gasteiger charge is -2.16. The average molecular weight is 523 g/mol. The molecule has 0 aliphatic carbocycles. The van der Waals surface area contributed by atoms with Crippen LogP contribution in [-0.2, 0) is 7.05 Å². The molecular formula is C36H32NOSi+. The summed E-state index contributed by atoms with van der Waals surface area (Å²) in [5.41, 5.74) is 7.85. The summed E-state index contributed by atoms with van der Waals surface area (Å²) in [4.78, 5) is 0. The van der Waals surface area contributed by atoms with Gasteiger partial charge in [0, 0.05) is 22.9 Å². The predicted molar refractivity (Wildman–Crippen MR) is 168 cm³/mol. The third kappa shape index (κ3) is 3.88. The number of nitrogens with zero attached hydrogens (tertiary/aromatic N) is 1. The number of hydrogen-bond donors (Lipinski definition) is 0. The number of aryl methyl sites for hydroxylation is 2. The fourth-order valence-electron chi connectivity index (χ4n) is 5.92. The van der Waals surface area contributed by atoms with Gasteiger partial charge >= 0.3 is 0 Å². The molecule has 0 saturated carbocycles. The van der Waals surface area contributed by atoms with Crippen molar-refractivity contribution >= 4 is 56.7 Å². The van der Waals surface area contributed by atoms with Gasteiger partial charge in [0.15, 0.2) is 6.20 Å². The van der Waals surface area contributed by atoms with E-state index in [1.54, 1.807) is 0 Å². The van der Waals surface area contributed by atoms with Gasteiger partial charge in [-0.1, -0.05) is 97.6 Å². The molecule has 5 aromatic carbocycles. The Kier molecular flexibility index (Phi) is 5.30. The summed E-state index contributed by atoms with van der Waals surface area (Å²) in [7, 11) is 0.785. The number of furan rings is 1. The second-order valence-corrected chi connectivity index (χ2v) is 16.9. The molecule has 0 aliphatic rings. The molecule has 0 atom stereocenters. The predicted octanol–water partition coefficient (Wildman–Crippen LogP) is 8.90. The maximum absolute atomic E-state index is 6.72. The van der Waals surface area contributed by atoms with Crippen LogP contribution in [0.4, 0.5) is 0 Å². The van der Waals surface area contributed by atoms with E-state index < -0.39 is 8.07 Å². The molecule has 0 radical (unpaired) electrons. The third-order valence-corrected chi connectivity index (χ3v) is 10.3. The summed E-state index contributed by atoms with van der Waals surface area (Å²) < 4.78 is 8.93. The highest BCUT2D eigenvalue weighted by molar-refractivity contribution is 6.88. The number of pyridine rings is 1. The molecule has 39 heavy (non-hydrogen) atoms. The zero-order valence-electron chi connectivity index (χ0n) is 23.2.